The van der Waals surface area contributed by atoms with Crippen molar-refractivity contribution in [2.75, 3.05) is 6.61 Å². The summed E-state index contributed by atoms with van der Waals surface area (Å²) in [7, 11) is 0. The highest BCUT2D eigenvalue weighted by molar-refractivity contribution is 5.42. The van der Waals surface area contributed by atoms with Gasteiger partial charge in [-0.05, 0) is 24.5 Å². The molecular weight excluding hydrogens is 210 g/mol. The number of nitrogens with one attached hydrogen (secondary N) is 1. The highest BCUT2D eigenvalue weighted by Gasteiger charge is 2.24. The fourth-order valence-corrected chi connectivity index (χ4v) is 2.34. The molecule has 1 unspecified atom stereocenters. The van der Waals surface area contributed by atoms with Crippen LogP contribution in [0.1, 0.15) is 50.8 Å². The van der Waals surface area contributed by atoms with Gasteiger partial charge in [0.1, 0.15) is 12.4 Å². The van der Waals surface area contributed by atoms with Crippen molar-refractivity contribution in [1.82, 2.24) is 5.32 Å². The van der Waals surface area contributed by atoms with Crippen LogP contribution in [0.4, 0.5) is 0 Å². The number of hydrogen-bond donors (Lipinski definition) is 1. The summed E-state index contributed by atoms with van der Waals surface area (Å²) in [6, 6.07) is 7.51. The van der Waals surface area contributed by atoms with Gasteiger partial charge >= 0.3 is 0 Å². The molecular formula is C15H23NO. The van der Waals surface area contributed by atoms with Crippen molar-refractivity contribution >= 4 is 0 Å². The van der Waals surface area contributed by atoms with Gasteiger partial charge in [-0.1, -0.05) is 39.3 Å². The Morgan fingerprint density at radius 2 is 2.24 bits per heavy atom. The van der Waals surface area contributed by atoms with Gasteiger partial charge in [-0.3, -0.25) is 0 Å². The van der Waals surface area contributed by atoms with Crippen molar-refractivity contribution in [2.24, 2.45) is 0 Å². The Morgan fingerprint density at radius 3 is 2.94 bits per heavy atom. The molecule has 2 rings (SSSR count). The molecule has 2 heteroatoms. The zero-order valence-corrected chi connectivity index (χ0v) is 11.1. The number of aryl methyl sites for hydroxylation is 1. The first kappa shape index (κ1) is 12.4. The smallest absolute Gasteiger partial charge is 0.124 e. The van der Waals surface area contributed by atoms with Gasteiger partial charge in [0.25, 0.3) is 0 Å². The summed E-state index contributed by atoms with van der Waals surface area (Å²) in [5.74, 6) is 1.06. The van der Waals surface area contributed by atoms with Gasteiger partial charge in [0.15, 0.2) is 0 Å². The van der Waals surface area contributed by atoms with E-state index in [1.165, 1.54) is 30.4 Å². The van der Waals surface area contributed by atoms with E-state index in [0.717, 1.165) is 12.4 Å². The number of rotatable bonds is 5. The minimum absolute atomic E-state index is 0.367. The first-order chi connectivity index (χ1) is 8.20. The van der Waals surface area contributed by atoms with Gasteiger partial charge in [0.2, 0.25) is 0 Å². The zero-order valence-electron chi connectivity index (χ0n) is 11.1. The SMILES string of the molecule is CCCCc1ccc2c(c1)C(NC(C)C)CO2. The van der Waals surface area contributed by atoms with Crippen molar-refractivity contribution in [3.05, 3.63) is 29.3 Å². The molecule has 17 heavy (non-hydrogen) atoms. The van der Waals surface area contributed by atoms with Crippen LogP contribution in [0.2, 0.25) is 0 Å². The fraction of sp³-hybridized carbons (Fsp3) is 0.600. The molecule has 1 aromatic rings. The molecule has 1 aliphatic rings. The molecule has 0 aromatic heterocycles. The largest absolute Gasteiger partial charge is 0.491 e. The molecule has 0 aliphatic carbocycles. The van der Waals surface area contributed by atoms with E-state index in [4.69, 9.17) is 4.74 Å². The molecule has 0 radical (unpaired) electrons. The first-order valence-corrected chi connectivity index (χ1v) is 6.72. The molecule has 0 bridgehead atoms. The number of fused-ring (bicyclic) bond motifs is 1. The third-order valence-electron chi connectivity index (χ3n) is 3.21. The van der Waals surface area contributed by atoms with E-state index in [9.17, 15) is 0 Å². The summed E-state index contributed by atoms with van der Waals surface area (Å²) < 4.78 is 5.71. The fourth-order valence-electron chi connectivity index (χ4n) is 2.34. The van der Waals surface area contributed by atoms with Crippen LogP contribution in [0.3, 0.4) is 0 Å². The van der Waals surface area contributed by atoms with Gasteiger partial charge in [-0.15, -0.1) is 0 Å². The summed E-state index contributed by atoms with van der Waals surface area (Å²) in [6.45, 7) is 7.36. The Bertz CT molecular complexity index is 373. The van der Waals surface area contributed by atoms with Crippen molar-refractivity contribution in [2.45, 2.75) is 52.1 Å². The van der Waals surface area contributed by atoms with Gasteiger partial charge in [0, 0.05) is 11.6 Å². The Balaban J connectivity index is 2.12. The predicted octanol–water partition coefficient (Wildman–Crippen LogP) is 3.46. The second-order valence-corrected chi connectivity index (χ2v) is 5.16. The van der Waals surface area contributed by atoms with Crippen molar-refractivity contribution in [3.8, 4) is 5.75 Å². The Morgan fingerprint density at radius 1 is 1.41 bits per heavy atom. The number of hydrogen-bond acceptors (Lipinski definition) is 2. The Hall–Kier alpha value is -1.02. The average molecular weight is 233 g/mol. The van der Waals surface area contributed by atoms with Crippen LogP contribution in [-0.2, 0) is 6.42 Å². The maximum atomic E-state index is 5.71. The summed E-state index contributed by atoms with van der Waals surface area (Å²) in [5.41, 5.74) is 2.78. The first-order valence-electron chi connectivity index (χ1n) is 6.72. The highest BCUT2D eigenvalue weighted by atomic mass is 16.5. The third kappa shape index (κ3) is 3.01. The van der Waals surface area contributed by atoms with E-state index in [0.29, 0.717) is 12.1 Å². The molecule has 0 spiro atoms. The van der Waals surface area contributed by atoms with Gasteiger partial charge < -0.3 is 10.1 Å². The Labute approximate surface area is 104 Å². The summed E-state index contributed by atoms with van der Waals surface area (Å²) >= 11 is 0. The number of benzene rings is 1. The van der Waals surface area contributed by atoms with E-state index in [-0.39, 0.29) is 0 Å². The molecule has 94 valence electrons. The van der Waals surface area contributed by atoms with E-state index in [1.54, 1.807) is 0 Å². The predicted molar refractivity (Wildman–Crippen MR) is 71.6 cm³/mol. The lowest BCUT2D eigenvalue weighted by Crippen LogP contribution is -2.29. The van der Waals surface area contributed by atoms with Gasteiger partial charge in [-0.2, -0.15) is 0 Å². The molecule has 1 atom stereocenters. The van der Waals surface area contributed by atoms with Crippen LogP contribution in [0.25, 0.3) is 0 Å². The standard InChI is InChI=1S/C15H23NO/c1-4-5-6-12-7-8-15-13(9-12)14(10-17-15)16-11(2)3/h7-9,11,14,16H,4-6,10H2,1-3H3. The van der Waals surface area contributed by atoms with Crippen LogP contribution >= 0.6 is 0 Å². The van der Waals surface area contributed by atoms with Crippen molar-refractivity contribution in [1.29, 1.82) is 0 Å². The van der Waals surface area contributed by atoms with Crippen LogP contribution < -0.4 is 10.1 Å². The lowest BCUT2D eigenvalue weighted by molar-refractivity contribution is 0.303. The van der Waals surface area contributed by atoms with Crippen molar-refractivity contribution < 1.29 is 4.74 Å². The molecule has 1 heterocycles. The van der Waals surface area contributed by atoms with E-state index in [2.05, 4.69) is 44.3 Å². The molecule has 1 aliphatic heterocycles. The summed E-state index contributed by atoms with van der Waals surface area (Å²) in [6.07, 6.45) is 3.70. The second kappa shape index (κ2) is 5.54. The monoisotopic (exact) mass is 233 g/mol. The quantitative estimate of drug-likeness (QED) is 0.841. The highest BCUT2D eigenvalue weighted by Crippen LogP contribution is 2.33. The average Bonchev–Trinajstić information content (AvgIpc) is 2.69. The maximum Gasteiger partial charge on any atom is 0.124 e. The topological polar surface area (TPSA) is 21.3 Å². The second-order valence-electron chi connectivity index (χ2n) is 5.16. The summed E-state index contributed by atoms with van der Waals surface area (Å²) in [4.78, 5) is 0. The molecule has 0 amide bonds. The third-order valence-corrected chi connectivity index (χ3v) is 3.21. The molecule has 1 aromatic carbocycles. The van der Waals surface area contributed by atoms with E-state index < -0.39 is 0 Å². The normalized spacial score (nSPS) is 18.2. The van der Waals surface area contributed by atoms with E-state index >= 15 is 0 Å². The number of unbranched alkanes of at least 4 members (excludes halogenated alkanes) is 1. The molecule has 2 nitrogen and oxygen atoms in total. The number of ether oxygens (including phenoxy) is 1. The molecule has 0 saturated heterocycles. The molecule has 1 N–H and O–H groups in total. The summed E-state index contributed by atoms with van der Waals surface area (Å²) in [5, 5.41) is 3.56. The Kier molecular flexibility index (Phi) is 4.06. The lowest BCUT2D eigenvalue weighted by Gasteiger charge is -2.15. The van der Waals surface area contributed by atoms with Crippen LogP contribution in [-0.4, -0.2) is 12.6 Å². The molecule has 0 saturated carbocycles. The maximum absolute atomic E-state index is 5.71. The minimum Gasteiger partial charge on any atom is -0.491 e. The lowest BCUT2D eigenvalue weighted by atomic mass is 10.0. The zero-order chi connectivity index (χ0) is 12.3. The van der Waals surface area contributed by atoms with Gasteiger partial charge in [0.05, 0.1) is 6.04 Å². The van der Waals surface area contributed by atoms with Gasteiger partial charge in [-0.25, -0.2) is 0 Å². The van der Waals surface area contributed by atoms with E-state index in [1.807, 2.05) is 0 Å². The molecule has 0 fully saturated rings. The van der Waals surface area contributed by atoms with Crippen LogP contribution in [0.15, 0.2) is 18.2 Å². The minimum atomic E-state index is 0.367. The van der Waals surface area contributed by atoms with Crippen LogP contribution in [0.5, 0.6) is 5.75 Å². The van der Waals surface area contributed by atoms with Crippen molar-refractivity contribution in [3.63, 3.8) is 0 Å². The van der Waals surface area contributed by atoms with Crippen LogP contribution in [0, 0.1) is 0 Å².